The second-order valence-electron chi connectivity index (χ2n) is 5.14. The molecule has 0 bridgehead atoms. The van der Waals surface area contributed by atoms with Crippen LogP contribution in [0.25, 0.3) is 11.4 Å². The average molecular weight is 298 g/mol. The summed E-state index contributed by atoms with van der Waals surface area (Å²) in [6, 6.07) is 12.8. The van der Waals surface area contributed by atoms with Gasteiger partial charge in [-0.3, -0.25) is 5.10 Å². The molecule has 2 heterocycles. The van der Waals surface area contributed by atoms with Crippen molar-refractivity contribution >= 4 is 17.0 Å². The minimum Gasteiger partial charge on any atom is -0.378 e. The maximum Gasteiger partial charge on any atom is 0.181 e. The van der Waals surface area contributed by atoms with Gasteiger partial charge in [-0.2, -0.15) is 5.10 Å². The standard InChI is InChI=1S/C16H18N4S/c1-10-7-8-15(21-10)11(2)17-14-6-4-5-13(9-14)16-18-12(3)19-20-16/h4-9,11,17H,1-3H3,(H,18,19,20). The molecule has 5 heteroatoms. The molecule has 0 saturated carbocycles. The van der Waals surface area contributed by atoms with Crippen LogP contribution in [0.15, 0.2) is 36.4 Å². The third kappa shape index (κ3) is 3.13. The first-order chi connectivity index (χ1) is 10.1. The van der Waals surface area contributed by atoms with Gasteiger partial charge in [0.25, 0.3) is 0 Å². The number of H-pyrrole nitrogens is 1. The molecule has 2 N–H and O–H groups in total. The predicted molar refractivity (Wildman–Crippen MR) is 87.6 cm³/mol. The van der Waals surface area contributed by atoms with Crippen molar-refractivity contribution in [2.75, 3.05) is 5.32 Å². The Kier molecular flexibility index (Phi) is 3.75. The van der Waals surface area contributed by atoms with Crippen molar-refractivity contribution in [2.45, 2.75) is 26.8 Å². The van der Waals surface area contributed by atoms with E-state index in [1.807, 2.05) is 30.4 Å². The van der Waals surface area contributed by atoms with Gasteiger partial charge in [-0.15, -0.1) is 11.3 Å². The van der Waals surface area contributed by atoms with Gasteiger partial charge in [-0.25, -0.2) is 4.98 Å². The molecular weight excluding hydrogens is 280 g/mol. The van der Waals surface area contributed by atoms with Crippen LogP contribution in [-0.2, 0) is 0 Å². The lowest BCUT2D eigenvalue weighted by Crippen LogP contribution is -2.04. The highest BCUT2D eigenvalue weighted by molar-refractivity contribution is 7.12. The fourth-order valence-electron chi connectivity index (χ4n) is 2.23. The van der Waals surface area contributed by atoms with Crippen LogP contribution in [0.5, 0.6) is 0 Å². The minimum atomic E-state index is 0.285. The maximum absolute atomic E-state index is 4.37. The molecule has 1 unspecified atom stereocenters. The van der Waals surface area contributed by atoms with Gasteiger partial charge in [-0.05, 0) is 45.0 Å². The number of thiophene rings is 1. The molecule has 0 amide bonds. The normalized spacial score (nSPS) is 12.3. The first-order valence-corrected chi connectivity index (χ1v) is 7.76. The van der Waals surface area contributed by atoms with E-state index < -0.39 is 0 Å². The first-order valence-electron chi connectivity index (χ1n) is 6.94. The minimum absolute atomic E-state index is 0.285. The van der Waals surface area contributed by atoms with Crippen molar-refractivity contribution in [1.82, 2.24) is 15.2 Å². The van der Waals surface area contributed by atoms with Gasteiger partial charge in [-0.1, -0.05) is 12.1 Å². The fourth-order valence-corrected chi connectivity index (χ4v) is 3.11. The summed E-state index contributed by atoms with van der Waals surface area (Å²) in [5.74, 6) is 1.56. The summed E-state index contributed by atoms with van der Waals surface area (Å²) in [5, 5.41) is 10.6. The number of rotatable bonds is 4. The topological polar surface area (TPSA) is 53.6 Å². The third-order valence-electron chi connectivity index (χ3n) is 3.29. The van der Waals surface area contributed by atoms with Gasteiger partial charge < -0.3 is 5.32 Å². The molecule has 0 spiro atoms. The van der Waals surface area contributed by atoms with Crippen LogP contribution < -0.4 is 5.32 Å². The van der Waals surface area contributed by atoms with E-state index in [1.165, 1.54) is 9.75 Å². The largest absolute Gasteiger partial charge is 0.378 e. The lowest BCUT2D eigenvalue weighted by atomic mass is 10.1. The number of hydrogen-bond acceptors (Lipinski definition) is 4. The van der Waals surface area contributed by atoms with Crippen LogP contribution in [0.1, 0.15) is 28.5 Å². The SMILES string of the molecule is Cc1nc(-c2cccc(NC(C)c3ccc(C)s3)c2)n[nH]1. The average Bonchev–Trinajstić information content (AvgIpc) is 3.08. The zero-order valence-corrected chi connectivity index (χ0v) is 13.2. The summed E-state index contributed by atoms with van der Waals surface area (Å²) >= 11 is 1.83. The number of aryl methyl sites for hydroxylation is 2. The van der Waals surface area contributed by atoms with E-state index in [1.54, 1.807) is 0 Å². The summed E-state index contributed by atoms with van der Waals surface area (Å²) in [4.78, 5) is 7.05. The van der Waals surface area contributed by atoms with Crippen molar-refractivity contribution in [3.8, 4) is 11.4 Å². The van der Waals surface area contributed by atoms with Crippen molar-refractivity contribution in [1.29, 1.82) is 0 Å². The molecule has 3 aromatic rings. The lowest BCUT2D eigenvalue weighted by molar-refractivity contribution is 0.908. The van der Waals surface area contributed by atoms with Gasteiger partial charge in [0.15, 0.2) is 5.82 Å². The highest BCUT2D eigenvalue weighted by Crippen LogP contribution is 2.27. The van der Waals surface area contributed by atoms with Crippen LogP contribution in [0.2, 0.25) is 0 Å². The second kappa shape index (κ2) is 5.69. The van der Waals surface area contributed by atoms with E-state index in [0.29, 0.717) is 0 Å². The quantitative estimate of drug-likeness (QED) is 0.754. The van der Waals surface area contributed by atoms with E-state index in [4.69, 9.17) is 0 Å². The lowest BCUT2D eigenvalue weighted by Gasteiger charge is -2.14. The number of anilines is 1. The molecule has 0 fully saturated rings. The van der Waals surface area contributed by atoms with Crippen molar-refractivity contribution in [3.05, 3.63) is 52.0 Å². The van der Waals surface area contributed by atoms with Crippen LogP contribution in [0.3, 0.4) is 0 Å². The molecule has 0 aliphatic carbocycles. The van der Waals surface area contributed by atoms with Gasteiger partial charge in [0.05, 0.1) is 6.04 Å². The van der Waals surface area contributed by atoms with E-state index in [0.717, 1.165) is 22.9 Å². The molecule has 1 aromatic carbocycles. The maximum atomic E-state index is 4.37. The second-order valence-corrected chi connectivity index (χ2v) is 6.46. The van der Waals surface area contributed by atoms with Crippen LogP contribution in [-0.4, -0.2) is 15.2 Å². The molecule has 3 rings (SSSR count). The highest BCUT2D eigenvalue weighted by atomic mass is 32.1. The van der Waals surface area contributed by atoms with Crippen molar-refractivity contribution < 1.29 is 0 Å². The van der Waals surface area contributed by atoms with Gasteiger partial charge in [0, 0.05) is 21.0 Å². The molecule has 0 saturated heterocycles. The Morgan fingerprint density at radius 2 is 2.05 bits per heavy atom. The monoisotopic (exact) mass is 298 g/mol. The number of nitrogens with one attached hydrogen (secondary N) is 2. The van der Waals surface area contributed by atoms with Crippen LogP contribution in [0, 0.1) is 13.8 Å². The Bertz CT molecular complexity index is 744. The molecule has 2 aromatic heterocycles. The zero-order chi connectivity index (χ0) is 14.8. The van der Waals surface area contributed by atoms with Gasteiger partial charge >= 0.3 is 0 Å². The number of aromatic nitrogens is 3. The van der Waals surface area contributed by atoms with Crippen molar-refractivity contribution in [3.63, 3.8) is 0 Å². The van der Waals surface area contributed by atoms with E-state index in [9.17, 15) is 0 Å². The molecule has 0 radical (unpaired) electrons. The number of hydrogen-bond donors (Lipinski definition) is 2. The summed E-state index contributed by atoms with van der Waals surface area (Å²) in [6.07, 6.45) is 0. The smallest absolute Gasteiger partial charge is 0.181 e. The van der Waals surface area contributed by atoms with E-state index in [-0.39, 0.29) is 6.04 Å². The van der Waals surface area contributed by atoms with Crippen LogP contribution in [0.4, 0.5) is 5.69 Å². The molecule has 21 heavy (non-hydrogen) atoms. The Morgan fingerprint density at radius 1 is 1.19 bits per heavy atom. The number of benzene rings is 1. The third-order valence-corrected chi connectivity index (χ3v) is 4.47. The summed E-state index contributed by atoms with van der Waals surface area (Å²) in [7, 11) is 0. The summed E-state index contributed by atoms with van der Waals surface area (Å²) < 4.78 is 0. The van der Waals surface area contributed by atoms with E-state index >= 15 is 0 Å². The Labute approximate surface area is 128 Å². The molecule has 108 valence electrons. The Hall–Kier alpha value is -2.14. The Balaban J connectivity index is 1.80. The molecule has 0 aliphatic rings. The number of aromatic amines is 1. The van der Waals surface area contributed by atoms with Crippen LogP contribution >= 0.6 is 11.3 Å². The van der Waals surface area contributed by atoms with E-state index in [2.05, 4.69) is 58.6 Å². The predicted octanol–water partition coefficient (Wildman–Crippen LogP) is 4.32. The Morgan fingerprint density at radius 3 is 2.71 bits per heavy atom. The number of nitrogens with zero attached hydrogens (tertiary/aromatic N) is 2. The summed E-state index contributed by atoms with van der Waals surface area (Å²) in [5.41, 5.74) is 2.09. The fraction of sp³-hybridized carbons (Fsp3) is 0.250. The highest BCUT2D eigenvalue weighted by Gasteiger charge is 2.09. The molecule has 4 nitrogen and oxygen atoms in total. The molecular formula is C16H18N4S. The van der Waals surface area contributed by atoms with Gasteiger partial charge in [0.1, 0.15) is 5.82 Å². The molecule has 0 aliphatic heterocycles. The van der Waals surface area contributed by atoms with Gasteiger partial charge in [0.2, 0.25) is 0 Å². The zero-order valence-electron chi connectivity index (χ0n) is 12.3. The van der Waals surface area contributed by atoms with Crippen molar-refractivity contribution in [2.24, 2.45) is 0 Å². The first kappa shape index (κ1) is 13.8. The summed E-state index contributed by atoms with van der Waals surface area (Å²) in [6.45, 7) is 6.21. The molecule has 1 atom stereocenters.